The van der Waals surface area contributed by atoms with Crippen molar-refractivity contribution in [3.8, 4) is 0 Å². The molecule has 40 valence electrons. The Morgan fingerprint density at radius 3 is 2.62 bits per heavy atom. The number of rotatable bonds is 0. The van der Waals surface area contributed by atoms with E-state index in [1.165, 1.54) is 5.70 Å². The van der Waals surface area contributed by atoms with Gasteiger partial charge in [0.05, 0.1) is 0 Å². The molecule has 0 aromatic rings. The summed E-state index contributed by atoms with van der Waals surface area (Å²) < 4.78 is 0.648. The van der Waals surface area contributed by atoms with Gasteiger partial charge >= 0.3 is 63.5 Å². The molecule has 0 fully saturated rings. The van der Waals surface area contributed by atoms with Gasteiger partial charge in [0.15, 0.2) is 0 Å². The number of allylic oxidation sites excluding steroid dienone is 1. The summed E-state index contributed by atoms with van der Waals surface area (Å²) in [6, 6.07) is 0. The van der Waals surface area contributed by atoms with E-state index in [9.17, 15) is 0 Å². The van der Waals surface area contributed by atoms with Crippen molar-refractivity contribution in [2.45, 2.75) is 11.0 Å². The van der Waals surface area contributed by atoms with Crippen LogP contribution in [0.4, 0.5) is 0 Å². The third kappa shape index (κ3) is 1.07. The number of hydrogen-bond donors (Lipinski definition) is 0. The Hall–Kier alpha value is 0.487. The average Bonchev–Trinajstić information content (AvgIpc) is 1.98. The van der Waals surface area contributed by atoms with E-state index >= 15 is 0 Å². The van der Waals surface area contributed by atoms with Crippen LogP contribution in [-0.2, 0) is 0 Å². The van der Waals surface area contributed by atoms with Gasteiger partial charge in [-0.25, -0.2) is 0 Å². The Morgan fingerprint density at radius 1 is 1.88 bits per heavy atom. The summed E-state index contributed by atoms with van der Waals surface area (Å²) in [6.07, 6.45) is 0. The van der Waals surface area contributed by atoms with Gasteiger partial charge in [0.2, 0.25) is 0 Å². The molecular formula is C5H8LiNS. The number of hydrogen-bond acceptors (Lipinski definition) is 2. The summed E-state index contributed by atoms with van der Waals surface area (Å²) in [4.78, 5) is 2.27. The van der Waals surface area contributed by atoms with Gasteiger partial charge in [0.1, 0.15) is 0 Å². The van der Waals surface area contributed by atoms with Gasteiger partial charge < -0.3 is 0 Å². The molecule has 0 amide bonds. The summed E-state index contributed by atoms with van der Waals surface area (Å²) in [5, 5.41) is 2.20. The van der Waals surface area contributed by atoms with Crippen molar-refractivity contribution in [3.63, 3.8) is 0 Å². The van der Waals surface area contributed by atoms with Crippen LogP contribution in [0.5, 0.6) is 0 Å². The monoisotopic (exact) mass is 121 g/mol. The number of thioether (sulfide) groups is 1. The second-order valence-electron chi connectivity index (χ2n) is 2.11. The van der Waals surface area contributed by atoms with Gasteiger partial charge in [-0.15, -0.1) is 0 Å². The van der Waals surface area contributed by atoms with Crippen LogP contribution in [-0.4, -0.2) is 33.7 Å². The van der Waals surface area contributed by atoms with Crippen molar-refractivity contribution in [2.75, 3.05) is 7.05 Å². The molecule has 3 heteroatoms. The summed E-state index contributed by atoms with van der Waals surface area (Å²) in [5.41, 5.74) is 1.38. The van der Waals surface area contributed by atoms with Crippen LogP contribution in [0.1, 0.15) is 6.92 Å². The zero-order valence-corrected chi connectivity index (χ0v) is 6.33. The van der Waals surface area contributed by atoms with E-state index in [4.69, 9.17) is 0 Å². The molecule has 0 aliphatic carbocycles. The molecule has 0 aromatic heterocycles. The molecule has 1 nitrogen and oxygen atoms in total. The van der Waals surface area contributed by atoms with Crippen LogP contribution in [0, 0.1) is 0 Å². The summed E-state index contributed by atoms with van der Waals surface area (Å²) >= 11 is 4.08. The van der Waals surface area contributed by atoms with E-state index in [2.05, 4.69) is 42.0 Å². The Bertz CT molecular complexity index is 124. The average molecular weight is 121 g/mol. The Morgan fingerprint density at radius 2 is 2.50 bits per heavy atom. The molecule has 0 N–H and O–H groups in total. The molecule has 1 aliphatic rings. The van der Waals surface area contributed by atoms with Gasteiger partial charge in [-0.3, -0.25) is 0 Å². The van der Waals surface area contributed by atoms with E-state index in [1.54, 1.807) is 0 Å². The molecule has 1 aliphatic heterocycles. The predicted molar refractivity (Wildman–Crippen MR) is 38.7 cm³/mol. The van der Waals surface area contributed by atoms with Crippen LogP contribution >= 0.6 is 11.8 Å². The molecule has 8 heavy (non-hydrogen) atoms. The first-order valence-electron chi connectivity index (χ1n) is 2.77. The van der Waals surface area contributed by atoms with Crippen molar-refractivity contribution < 1.29 is 0 Å². The SMILES string of the molecule is [Li][CH]1SC=C(C)N1C. The van der Waals surface area contributed by atoms with E-state index in [1.807, 2.05) is 11.8 Å². The molecule has 0 aromatic carbocycles. The van der Waals surface area contributed by atoms with E-state index < -0.39 is 0 Å². The molecule has 0 saturated heterocycles. The van der Waals surface area contributed by atoms with Gasteiger partial charge in [-0.1, -0.05) is 0 Å². The minimum absolute atomic E-state index is 0.648. The van der Waals surface area contributed by atoms with Crippen molar-refractivity contribution >= 4 is 29.5 Å². The molecule has 0 bridgehead atoms. The fourth-order valence-electron chi connectivity index (χ4n) is 0.658. The topological polar surface area (TPSA) is 3.24 Å². The molecule has 0 radical (unpaired) electrons. The van der Waals surface area contributed by atoms with Gasteiger partial charge in [0, 0.05) is 0 Å². The second-order valence-corrected chi connectivity index (χ2v) is 3.30. The first-order chi connectivity index (χ1) is 3.72. The molecule has 1 rings (SSSR count). The minimum atomic E-state index is 0.648. The maximum atomic E-state index is 2.27. The normalized spacial score (nSPS) is 28.8. The third-order valence-corrected chi connectivity index (χ3v) is 2.72. The molecular weight excluding hydrogens is 113 g/mol. The van der Waals surface area contributed by atoms with E-state index in [0.29, 0.717) is 4.05 Å². The molecule has 1 unspecified atom stereocenters. The van der Waals surface area contributed by atoms with Gasteiger partial charge in [-0.05, 0) is 0 Å². The van der Waals surface area contributed by atoms with E-state index in [-0.39, 0.29) is 0 Å². The molecule has 1 heterocycles. The second kappa shape index (κ2) is 2.39. The van der Waals surface area contributed by atoms with Gasteiger partial charge in [-0.2, -0.15) is 0 Å². The van der Waals surface area contributed by atoms with Crippen molar-refractivity contribution in [2.24, 2.45) is 0 Å². The van der Waals surface area contributed by atoms with Crippen LogP contribution in [0.15, 0.2) is 11.1 Å². The predicted octanol–water partition coefficient (Wildman–Crippen LogP) is 0.978. The van der Waals surface area contributed by atoms with Crippen molar-refractivity contribution in [3.05, 3.63) is 11.1 Å². The molecule has 0 spiro atoms. The summed E-state index contributed by atoms with van der Waals surface area (Å²) in [5.74, 6) is 0. The zero-order valence-electron chi connectivity index (χ0n) is 5.51. The van der Waals surface area contributed by atoms with Crippen LogP contribution in [0.2, 0.25) is 0 Å². The summed E-state index contributed by atoms with van der Waals surface area (Å²) in [6.45, 7) is 2.14. The van der Waals surface area contributed by atoms with Crippen LogP contribution in [0.25, 0.3) is 0 Å². The quantitative estimate of drug-likeness (QED) is 0.439. The molecule has 0 saturated carbocycles. The Balaban J connectivity index is 2.59. The fraction of sp³-hybridized carbons (Fsp3) is 0.600. The first kappa shape index (κ1) is 6.61. The third-order valence-electron chi connectivity index (χ3n) is 1.54. The van der Waals surface area contributed by atoms with Gasteiger partial charge in [0.25, 0.3) is 0 Å². The number of nitrogens with zero attached hydrogens (tertiary/aromatic N) is 1. The first-order valence-corrected chi connectivity index (χ1v) is 3.71. The van der Waals surface area contributed by atoms with Crippen LogP contribution in [0.3, 0.4) is 0 Å². The zero-order chi connectivity index (χ0) is 6.15. The fourth-order valence-corrected chi connectivity index (χ4v) is 1.57. The summed E-state index contributed by atoms with van der Waals surface area (Å²) in [7, 11) is 2.12. The van der Waals surface area contributed by atoms with E-state index in [0.717, 1.165) is 0 Å². The van der Waals surface area contributed by atoms with Crippen molar-refractivity contribution in [1.82, 2.24) is 4.90 Å². The maximum absolute atomic E-state index is 2.27. The van der Waals surface area contributed by atoms with Crippen LogP contribution < -0.4 is 0 Å². The standard InChI is InChI=1S/C5H8NS.Li/c1-5-3-7-4-6(5)2;/h3-4H,1-2H3;. The Labute approximate surface area is 63.7 Å². The molecule has 1 atom stereocenters. The Kier molecular flexibility index (Phi) is 1.97. The van der Waals surface area contributed by atoms with Crippen molar-refractivity contribution in [1.29, 1.82) is 0 Å².